The van der Waals surface area contributed by atoms with Crippen LogP contribution in [0.3, 0.4) is 0 Å². The van der Waals surface area contributed by atoms with E-state index in [1.807, 2.05) is 6.20 Å². The van der Waals surface area contributed by atoms with Crippen LogP contribution in [0.2, 0.25) is 0 Å². The first-order valence-corrected chi connectivity index (χ1v) is 7.94. The highest BCUT2D eigenvalue weighted by Crippen LogP contribution is 2.27. The Labute approximate surface area is 126 Å². The standard InChI is InChI=1S/C11H15N5O5S/c12-2-1-8-4-13-15(5-8)9-3-10-7-14(6-9)11(17)16(10)21-22(18,19)20/h3-5,10H,1-2,6-7,12H2,(H,18,19,20). The van der Waals surface area contributed by atoms with Gasteiger partial charge in [-0.1, -0.05) is 0 Å². The highest BCUT2D eigenvalue weighted by molar-refractivity contribution is 7.80. The third kappa shape index (κ3) is 2.83. The zero-order chi connectivity index (χ0) is 15.9. The lowest BCUT2D eigenvalue weighted by Crippen LogP contribution is -2.35. The Morgan fingerprint density at radius 2 is 2.27 bits per heavy atom. The highest BCUT2D eigenvalue weighted by atomic mass is 32.3. The molecule has 22 heavy (non-hydrogen) atoms. The van der Waals surface area contributed by atoms with Gasteiger partial charge in [0.15, 0.2) is 0 Å². The van der Waals surface area contributed by atoms with Crippen LogP contribution in [0, 0.1) is 0 Å². The third-order valence-electron chi connectivity index (χ3n) is 3.44. The minimum atomic E-state index is -4.75. The van der Waals surface area contributed by atoms with Crippen molar-refractivity contribution in [3.05, 3.63) is 24.0 Å². The van der Waals surface area contributed by atoms with Gasteiger partial charge in [-0.25, -0.2) is 9.48 Å². The summed E-state index contributed by atoms with van der Waals surface area (Å²) in [6.07, 6.45) is 5.87. The predicted molar refractivity (Wildman–Crippen MR) is 74.5 cm³/mol. The average molecular weight is 329 g/mol. The molecule has 2 aliphatic rings. The molecular formula is C11H15N5O5S. The lowest BCUT2D eigenvalue weighted by molar-refractivity contribution is -0.0183. The average Bonchev–Trinajstić information content (AvgIpc) is 2.98. The molecule has 1 unspecified atom stereocenters. The molecule has 0 saturated carbocycles. The number of urea groups is 1. The lowest BCUT2D eigenvalue weighted by Gasteiger charge is -2.20. The molecule has 1 aromatic rings. The van der Waals surface area contributed by atoms with Crippen molar-refractivity contribution in [1.29, 1.82) is 0 Å². The number of carbonyl (C=O) groups is 1. The molecule has 3 heterocycles. The van der Waals surface area contributed by atoms with Gasteiger partial charge in [-0.2, -0.15) is 18.6 Å². The lowest BCUT2D eigenvalue weighted by atomic mass is 10.2. The summed E-state index contributed by atoms with van der Waals surface area (Å²) >= 11 is 0. The van der Waals surface area contributed by atoms with Crippen molar-refractivity contribution in [3.8, 4) is 0 Å². The summed E-state index contributed by atoms with van der Waals surface area (Å²) in [4.78, 5) is 13.4. The van der Waals surface area contributed by atoms with Crippen LogP contribution in [0.15, 0.2) is 18.5 Å². The Morgan fingerprint density at radius 3 is 2.95 bits per heavy atom. The van der Waals surface area contributed by atoms with E-state index >= 15 is 0 Å². The van der Waals surface area contributed by atoms with Crippen molar-refractivity contribution in [2.24, 2.45) is 5.73 Å². The quantitative estimate of drug-likeness (QED) is 0.668. The number of carbonyl (C=O) groups excluding carboxylic acids is 1. The molecule has 2 bridgehead atoms. The number of nitrogens with zero attached hydrogens (tertiary/aromatic N) is 4. The van der Waals surface area contributed by atoms with Crippen molar-refractivity contribution >= 4 is 22.1 Å². The van der Waals surface area contributed by atoms with Crippen LogP contribution in [-0.4, -0.2) is 64.4 Å². The van der Waals surface area contributed by atoms with Crippen molar-refractivity contribution in [3.63, 3.8) is 0 Å². The second-order valence-electron chi connectivity index (χ2n) is 5.05. The maximum atomic E-state index is 12.0. The second-order valence-corrected chi connectivity index (χ2v) is 6.05. The summed E-state index contributed by atoms with van der Waals surface area (Å²) in [5.74, 6) is 0. The van der Waals surface area contributed by atoms with Crippen molar-refractivity contribution in [1.82, 2.24) is 19.7 Å². The van der Waals surface area contributed by atoms with Gasteiger partial charge in [0.1, 0.15) is 6.04 Å². The van der Waals surface area contributed by atoms with Crippen molar-refractivity contribution < 1.29 is 22.0 Å². The van der Waals surface area contributed by atoms with Gasteiger partial charge in [0.2, 0.25) is 0 Å². The summed E-state index contributed by atoms with van der Waals surface area (Å²) in [6.45, 7) is 1.06. The van der Waals surface area contributed by atoms with E-state index in [1.54, 1.807) is 17.0 Å². The molecule has 11 heteroatoms. The Balaban J connectivity index is 1.84. The first-order valence-electron chi connectivity index (χ1n) is 6.57. The van der Waals surface area contributed by atoms with Crippen LogP contribution in [0.25, 0.3) is 5.70 Å². The summed E-state index contributed by atoms with van der Waals surface area (Å²) in [7, 11) is -4.75. The molecule has 2 aliphatic heterocycles. The largest absolute Gasteiger partial charge is 0.418 e. The molecule has 1 aromatic heterocycles. The first kappa shape index (κ1) is 15.0. The van der Waals surface area contributed by atoms with E-state index < -0.39 is 22.5 Å². The smallest absolute Gasteiger partial charge is 0.330 e. The number of hydroxylamine groups is 2. The number of hydrogen-bond donors (Lipinski definition) is 2. The summed E-state index contributed by atoms with van der Waals surface area (Å²) in [6, 6.07) is -1.23. The van der Waals surface area contributed by atoms with Gasteiger partial charge in [-0.3, -0.25) is 4.55 Å². The Hall–Kier alpha value is -1.95. The molecule has 1 atom stereocenters. The fourth-order valence-corrected chi connectivity index (χ4v) is 2.91. The molecule has 0 aromatic carbocycles. The van der Waals surface area contributed by atoms with Gasteiger partial charge in [0.05, 0.1) is 18.4 Å². The molecule has 1 saturated heterocycles. The molecule has 3 rings (SSSR count). The Bertz CT molecular complexity index is 727. The van der Waals surface area contributed by atoms with Gasteiger partial charge >= 0.3 is 16.4 Å². The van der Waals surface area contributed by atoms with Crippen molar-refractivity contribution in [2.75, 3.05) is 19.6 Å². The van der Waals surface area contributed by atoms with E-state index in [0.29, 0.717) is 23.7 Å². The normalized spacial score (nSPS) is 21.5. The van der Waals surface area contributed by atoms with Crippen LogP contribution in [0.4, 0.5) is 4.79 Å². The summed E-state index contributed by atoms with van der Waals surface area (Å²) in [5.41, 5.74) is 7.17. The van der Waals surface area contributed by atoms with E-state index in [9.17, 15) is 13.2 Å². The summed E-state index contributed by atoms with van der Waals surface area (Å²) in [5, 5.41) is 4.85. The SMILES string of the molecule is NCCc1cnn(C2=CC3CN(C2)C(=O)N3OS(=O)(=O)O)c1. The topological polar surface area (TPSA) is 131 Å². The number of rotatable bonds is 5. The predicted octanol–water partition coefficient (Wildman–Crippen LogP) is -0.921. The molecule has 120 valence electrons. The van der Waals surface area contributed by atoms with Crippen LogP contribution in [0.5, 0.6) is 0 Å². The fourth-order valence-electron chi connectivity index (χ4n) is 2.53. The van der Waals surface area contributed by atoms with Gasteiger partial charge in [0, 0.05) is 12.7 Å². The zero-order valence-corrected chi connectivity index (χ0v) is 12.3. The number of nitrogens with two attached hydrogens (primary N) is 1. The molecule has 0 radical (unpaired) electrons. The second kappa shape index (κ2) is 5.35. The van der Waals surface area contributed by atoms with Gasteiger partial charge in [-0.05, 0) is 24.6 Å². The summed E-state index contributed by atoms with van der Waals surface area (Å²) < 4.78 is 36.3. The monoisotopic (exact) mass is 329 g/mol. The van der Waals surface area contributed by atoms with Crippen LogP contribution in [0.1, 0.15) is 5.56 Å². The number of fused-ring (bicyclic) bond motifs is 2. The highest BCUT2D eigenvalue weighted by Gasteiger charge is 2.43. The molecule has 1 fully saturated rings. The molecule has 0 spiro atoms. The molecular weight excluding hydrogens is 314 g/mol. The molecule has 3 N–H and O–H groups in total. The number of hydrogen-bond acceptors (Lipinski definition) is 6. The van der Waals surface area contributed by atoms with Crippen LogP contribution < -0.4 is 5.73 Å². The Morgan fingerprint density at radius 1 is 1.50 bits per heavy atom. The first-order chi connectivity index (χ1) is 10.4. The molecule has 2 amide bonds. The number of aromatic nitrogens is 2. The number of amides is 2. The fraction of sp³-hybridized carbons (Fsp3) is 0.455. The van der Waals surface area contributed by atoms with Gasteiger partial charge in [-0.15, -0.1) is 4.28 Å². The minimum Gasteiger partial charge on any atom is -0.330 e. The van der Waals surface area contributed by atoms with E-state index in [1.165, 1.54) is 4.90 Å². The Kier molecular flexibility index (Phi) is 3.64. The molecule has 10 nitrogen and oxygen atoms in total. The zero-order valence-electron chi connectivity index (χ0n) is 11.5. The van der Waals surface area contributed by atoms with E-state index in [-0.39, 0.29) is 13.1 Å². The van der Waals surface area contributed by atoms with E-state index in [2.05, 4.69) is 9.38 Å². The van der Waals surface area contributed by atoms with E-state index in [4.69, 9.17) is 10.3 Å². The van der Waals surface area contributed by atoms with Crippen molar-refractivity contribution in [2.45, 2.75) is 12.5 Å². The molecule has 0 aliphatic carbocycles. The third-order valence-corrected chi connectivity index (χ3v) is 3.79. The van der Waals surface area contributed by atoms with E-state index in [0.717, 1.165) is 5.56 Å². The minimum absolute atomic E-state index is 0.268. The maximum Gasteiger partial charge on any atom is 0.418 e. The van der Waals surface area contributed by atoms with Gasteiger partial charge in [0.25, 0.3) is 0 Å². The van der Waals surface area contributed by atoms with Crippen LogP contribution in [-0.2, 0) is 21.1 Å². The van der Waals surface area contributed by atoms with Gasteiger partial charge < -0.3 is 10.6 Å². The maximum absolute atomic E-state index is 12.0. The van der Waals surface area contributed by atoms with Crippen LogP contribution >= 0.6 is 0 Å².